The van der Waals surface area contributed by atoms with Crippen LogP contribution in [0.4, 0.5) is 16.0 Å². The van der Waals surface area contributed by atoms with E-state index in [1.165, 1.54) is 6.07 Å². The summed E-state index contributed by atoms with van der Waals surface area (Å²) < 4.78 is 13.7. The summed E-state index contributed by atoms with van der Waals surface area (Å²) in [5.41, 5.74) is -0.0829. The maximum Gasteiger partial charge on any atom is 0.283 e. The molecule has 1 aromatic carbocycles. The van der Waals surface area contributed by atoms with Gasteiger partial charge in [-0.25, -0.2) is 14.4 Å². The van der Waals surface area contributed by atoms with E-state index < -0.39 is 10.7 Å². The molecule has 0 fully saturated rings. The molecule has 0 saturated carbocycles. The molecule has 0 aliphatic carbocycles. The summed E-state index contributed by atoms with van der Waals surface area (Å²) in [5, 5.41) is 13.8. The van der Waals surface area contributed by atoms with E-state index in [0.29, 0.717) is 11.4 Å². The van der Waals surface area contributed by atoms with Crippen molar-refractivity contribution in [3.63, 3.8) is 0 Å². The first-order chi connectivity index (χ1) is 9.61. The lowest BCUT2D eigenvalue weighted by atomic mass is 10.3. The molecule has 2 aromatic rings. The third kappa shape index (κ3) is 3.21. The van der Waals surface area contributed by atoms with Crippen LogP contribution in [0, 0.1) is 15.9 Å². The molecule has 0 unspecified atom stereocenters. The van der Waals surface area contributed by atoms with Gasteiger partial charge >= 0.3 is 0 Å². The lowest BCUT2D eigenvalue weighted by molar-refractivity contribution is -0.387. The monoisotopic (exact) mass is 294 g/mol. The van der Waals surface area contributed by atoms with Crippen molar-refractivity contribution in [2.24, 2.45) is 0 Å². The van der Waals surface area contributed by atoms with Crippen molar-refractivity contribution in [3.05, 3.63) is 46.4 Å². The van der Waals surface area contributed by atoms with Crippen LogP contribution in [0.3, 0.4) is 0 Å². The van der Waals surface area contributed by atoms with Gasteiger partial charge in [0.1, 0.15) is 5.03 Å². The second-order valence-corrected chi connectivity index (χ2v) is 4.73. The standard InChI is InChI=1S/C12H11FN4O2S/c1-2-14-12-15-7-8(13)11(16-12)20-10-6-4-3-5-9(10)17(18)19/h3-7H,2H2,1H3,(H,14,15,16). The number of nitro groups is 1. The summed E-state index contributed by atoms with van der Waals surface area (Å²) in [4.78, 5) is 18.5. The van der Waals surface area contributed by atoms with Gasteiger partial charge in [-0.1, -0.05) is 23.9 Å². The summed E-state index contributed by atoms with van der Waals surface area (Å²) >= 11 is 0.901. The number of hydrogen-bond acceptors (Lipinski definition) is 6. The summed E-state index contributed by atoms with van der Waals surface area (Å²) in [6, 6.07) is 6.13. The number of rotatable bonds is 5. The number of para-hydroxylation sites is 1. The van der Waals surface area contributed by atoms with Gasteiger partial charge in [-0.3, -0.25) is 10.1 Å². The molecule has 0 bridgehead atoms. The first-order valence-corrected chi connectivity index (χ1v) is 6.61. The van der Waals surface area contributed by atoms with Crippen molar-refractivity contribution in [2.75, 3.05) is 11.9 Å². The molecule has 0 spiro atoms. The zero-order chi connectivity index (χ0) is 14.5. The number of nitrogens with zero attached hydrogens (tertiary/aromatic N) is 3. The molecule has 1 N–H and O–H groups in total. The van der Waals surface area contributed by atoms with Crippen LogP contribution in [0.15, 0.2) is 40.4 Å². The van der Waals surface area contributed by atoms with Crippen molar-refractivity contribution in [1.82, 2.24) is 9.97 Å². The van der Waals surface area contributed by atoms with E-state index in [2.05, 4.69) is 15.3 Å². The molecule has 104 valence electrons. The Balaban J connectivity index is 2.34. The molecule has 2 rings (SSSR count). The molecule has 0 atom stereocenters. The lowest BCUT2D eigenvalue weighted by Gasteiger charge is -2.06. The molecular formula is C12H11FN4O2S. The lowest BCUT2D eigenvalue weighted by Crippen LogP contribution is -2.03. The SMILES string of the molecule is CCNc1ncc(F)c(Sc2ccccc2[N+](=O)[O-])n1. The van der Waals surface area contributed by atoms with Gasteiger partial charge in [-0.15, -0.1) is 0 Å². The van der Waals surface area contributed by atoms with Crippen LogP contribution in [0.1, 0.15) is 6.92 Å². The minimum atomic E-state index is -0.616. The van der Waals surface area contributed by atoms with Crippen molar-refractivity contribution in [1.29, 1.82) is 0 Å². The number of nitrogens with one attached hydrogen (secondary N) is 1. The predicted molar refractivity (Wildman–Crippen MR) is 73.4 cm³/mol. The van der Waals surface area contributed by atoms with E-state index in [1.807, 2.05) is 6.92 Å². The second-order valence-electron chi connectivity index (χ2n) is 3.70. The highest BCUT2D eigenvalue weighted by Crippen LogP contribution is 2.34. The fourth-order valence-electron chi connectivity index (χ4n) is 1.46. The zero-order valence-electron chi connectivity index (χ0n) is 10.5. The normalized spacial score (nSPS) is 10.3. The van der Waals surface area contributed by atoms with E-state index in [9.17, 15) is 14.5 Å². The smallest absolute Gasteiger partial charge is 0.283 e. The van der Waals surface area contributed by atoms with E-state index in [4.69, 9.17) is 0 Å². The number of hydrogen-bond donors (Lipinski definition) is 1. The Bertz CT molecular complexity index is 639. The highest BCUT2D eigenvalue weighted by atomic mass is 32.2. The Morgan fingerprint density at radius 3 is 2.90 bits per heavy atom. The highest BCUT2D eigenvalue weighted by Gasteiger charge is 2.17. The molecule has 0 saturated heterocycles. The first kappa shape index (κ1) is 14.2. The number of nitro benzene ring substituents is 1. The Kier molecular flexibility index (Phi) is 4.46. The Hall–Kier alpha value is -2.22. The largest absolute Gasteiger partial charge is 0.354 e. The maximum absolute atomic E-state index is 13.7. The third-order valence-electron chi connectivity index (χ3n) is 2.32. The van der Waals surface area contributed by atoms with Crippen LogP contribution < -0.4 is 5.32 Å². The van der Waals surface area contributed by atoms with E-state index in [0.717, 1.165) is 18.0 Å². The van der Waals surface area contributed by atoms with Crippen LogP contribution in [0.5, 0.6) is 0 Å². The number of benzene rings is 1. The van der Waals surface area contributed by atoms with E-state index in [-0.39, 0.29) is 16.7 Å². The van der Waals surface area contributed by atoms with Gasteiger partial charge in [0, 0.05) is 12.6 Å². The minimum absolute atomic E-state index is 0.0465. The Labute approximate surface area is 118 Å². The van der Waals surface area contributed by atoms with Crippen LogP contribution in [0.2, 0.25) is 0 Å². The summed E-state index contributed by atoms with van der Waals surface area (Å²) in [6.45, 7) is 2.46. The van der Waals surface area contributed by atoms with Gasteiger partial charge < -0.3 is 5.32 Å². The van der Waals surface area contributed by atoms with Crippen LogP contribution >= 0.6 is 11.8 Å². The van der Waals surface area contributed by atoms with Crippen LogP contribution in [-0.4, -0.2) is 21.4 Å². The van der Waals surface area contributed by atoms with Crippen molar-refractivity contribution >= 4 is 23.4 Å². The van der Waals surface area contributed by atoms with Gasteiger partial charge in [0.15, 0.2) is 5.82 Å². The molecule has 8 heteroatoms. The Morgan fingerprint density at radius 2 is 2.20 bits per heavy atom. The molecule has 20 heavy (non-hydrogen) atoms. The molecule has 0 aliphatic heterocycles. The zero-order valence-corrected chi connectivity index (χ0v) is 11.4. The van der Waals surface area contributed by atoms with Crippen molar-refractivity contribution in [3.8, 4) is 0 Å². The minimum Gasteiger partial charge on any atom is -0.354 e. The molecule has 0 aliphatic rings. The topological polar surface area (TPSA) is 81.0 Å². The van der Waals surface area contributed by atoms with Crippen molar-refractivity contribution < 1.29 is 9.31 Å². The second kappa shape index (κ2) is 6.29. The molecule has 6 nitrogen and oxygen atoms in total. The van der Waals surface area contributed by atoms with E-state index >= 15 is 0 Å². The van der Waals surface area contributed by atoms with Crippen LogP contribution in [-0.2, 0) is 0 Å². The van der Waals surface area contributed by atoms with Gasteiger partial charge in [-0.2, -0.15) is 0 Å². The quantitative estimate of drug-likeness (QED) is 0.518. The number of anilines is 1. The van der Waals surface area contributed by atoms with Gasteiger partial charge in [0.2, 0.25) is 5.95 Å². The first-order valence-electron chi connectivity index (χ1n) is 5.79. The third-order valence-corrected chi connectivity index (χ3v) is 3.36. The van der Waals surface area contributed by atoms with Gasteiger partial charge in [0.05, 0.1) is 16.0 Å². The van der Waals surface area contributed by atoms with Gasteiger partial charge in [0.25, 0.3) is 5.69 Å². The number of halogens is 1. The fraction of sp³-hybridized carbons (Fsp3) is 0.167. The molecule has 0 amide bonds. The maximum atomic E-state index is 13.7. The average Bonchev–Trinajstić information content (AvgIpc) is 2.43. The summed E-state index contributed by atoms with van der Waals surface area (Å²) in [6.07, 6.45) is 1.04. The average molecular weight is 294 g/mol. The predicted octanol–water partition coefficient (Wildman–Crippen LogP) is 3.11. The van der Waals surface area contributed by atoms with Gasteiger partial charge in [-0.05, 0) is 13.0 Å². The van der Waals surface area contributed by atoms with E-state index in [1.54, 1.807) is 18.2 Å². The summed E-state index contributed by atoms with van der Waals surface area (Å²) in [5.74, 6) is -0.329. The fourth-order valence-corrected chi connectivity index (χ4v) is 2.35. The van der Waals surface area contributed by atoms with Crippen LogP contribution in [0.25, 0.3) is 0 Å². The Morgan fingerprint density at radius 1 is 1.45 bits per heavy atom. The molecular weight excluding hydrogens is 283 g/mol. The number of aromatic nitrogens is 2. The molecule has 0 radical (unpaired) electrons. The molecule has 1 aromatic heterocycles. The molecule has 1 heterocycles. The highest BCUT2D eigenvalue weighted by molar-refractivity contribution is 7.99. The van der Waals surface area contributed by atoms with Crippen molar-refractivity contribution in [2.45, 2.75) is 16.8 Å². The summed E-state index contributed by atoms with van der Waals surface area (Å²) in [7, 11) is 0.